The molecular weight excluding hydrogens is 181 g/mol. The average molecular weight is 195 g/mol. The van der Waals surface area contributed by atoms with Gasteiger partial charge >= 0.3 is 0 Å². The molecule has 0 spiro atoms. The summed E-state index contributed by atoms with van der Waals surface area (Å²) in [6.45, 7) is 4.54. The number of carbonyl (C=O) groups excluding carboxylic acids is 1. The van der Waals surface area contributed by atoms with E-state index in [1.54, 1.807) is 12.1 Å². The molecule has 0 atom stereocenters. The van der Waals surface area contributed by atoms with Crippen molar-refractivity contribution < 1.29 is 9.18 Å². The van der Waals surface area contributed by atoms with E-state index in [9.17, 15) is 9.18 Å². The molecular formula is C11H14FNO. The van der Waals surface area contributed by atoms with Crippen LogP contribution in [-0.4, -0.2) is 12.5 Å². The van der Waals surface area contributed by atoms with Crippen LogP contribution < -0.4 is 5.32 Å². The van der Waals surface area contributed by atoms with Crippen LogP contribution >= 0.6 is 0 Å². The lowest BCUT2D eigenvalue weighted by Crippen LogP contribution is -2.27. The number of hydrogen-bond acceptors (Lipinski definition) is 1. The van der Waals surface area contributed by atoms with Gasteiger partial charge in [-0.05, 0) is 18.1 Å². The van der Waals surface area contributed by atoms with Crippen LogP contribution in [0.5, 0.6) is 0 Å². The van der Waals surface area contributed by atoms with E-state index in [1.165, 1.54) is 12.1 Å². The number of hydrogen-bond donors (Lipinski definition) is 1. The van der Waals surface area contributed by atoms with E-state index in [1.807, 2.05) is 13.8 Å². The number of amides is 1. The molecule has 0 heterocycles. The van der Waals surface area contributed by atoms with Crippen LogP contribution in [0.25, 0.3) is 0 Å². The number of halogens is 1. The molecule has 1 aromatic carbocycles. The van der Waals surface area contributed by atoms with Gasteiger partial charge in [0.2, 0.25) is 0 Å². The Morgan fingerprint density at radius 2 is 2.07 bits per heavy atom. The average Bonchev–Trinajstić information content (AvgIpc) is 2.15. The zero-order chi connectivity index (χ0) is 10.6. The fourth-order valence-electron chi connectivity index (χ4n) is 1.04. The zero-order valence-corrected chi connectivity index (χ0v) is 8.38. The Bertz CT molecular complexity index is 323. The Hall–Kier alpha value is -1.38. The summed E-state index contributed by atoms with van der Waals surface area (Å²) in [5.74, 6) is -0.462. The highest BCUT2D eigenvalue weighted by molar-refractivity contribution is 5.94. The molecule has 0 saturated heterocycles. The lowest BCUT2D eigenvalue weighted by molar-refractivity contribution is 0.0945. The Morgan fingerprint density at radius 1 is 1.43 bits per heavy atom. The minimum Gasteiger partial charge on any atom is -0.352 e. The molecule has 0 radical (unpaired) electrons. The maximum atomic E-state index is 13.1. The van der Waals surface area contributed by atoms with Gasteiger partial charge in [-0.25, -0.2) is 4.39 Å². The standard InChI is InChI=1S/C11H14FNO/c1-8(2)7-13-11(14)9-5-3-4-6-10(9)12/h3-6,8H,7H2,1-2H3,(H,13,14). The van der Waals surface area contributed by atoms with E-state index >= 15 is 0 Å². The summed E-state index contributed by atoms with van der Waals surface area (Å²) in [6.07, 6.45) is 0. The predicted octanol–water partition coefficient (Wildman–Crippen LogP) is 2.21. The molecule has 0 aliphatic carbocycles. The maximum Gasteiger partial charge on any atom is 0.254 e. The van der Waals surface area contributed by atoms with Crippen molar-refractivity contribution >= 4 is 5.91 Å². The van der Waals surface area contributed by atoms with Crippen molar-refractivity contribution in [3.63, 3.8) is 0 Å². The van der Waals surface area contributed by atoms with E-state index < -0.39 is 5.82 Å². The molecule has 1 rings (SSSR count). The molecule has 1 N–H and O–H groups in total. The first-order valence-electron chi connectivity index (χ1n) is 4.64. The number of carbonyl (C=O) groups is 1. The summed E-state index contributed by atoms with van der Waals surface area (Å²) in [5, 5.41) is 2.66. The summed E-state index contributed by atoms with van der Waals surface area (Å²) in [7, 11) is 0. The first-order valence-corrected chi connectivity index (χ1v) is 4.64. The van der Waals surface area contributed by atoms with Crippen molar-refractivity contribution in [3.8, 4) is 0 Å². The van der Waals surface area contributed by atoms with Gasteiger partial charge in [-0.2, -0.15) is 0 Å². The Balaban J connectivity index is 2.65. The maximum absolute atomic E-state index is 13.1. The highest BCUT2D eigenvalue weighted by Crippen LogP contribution is 2.05. The van der Waals surface area contributed by atoms with E-state index in [2.05, 4.69) is 5.32 Å². The Morgan fingerprint density at radius 3 is 2.64 bits per heavy atom. The molecule has 0 unspecified atom stereocenters. The van der Waals surface area contributed by atoms with E-state index in [-0.39, 0.29) is 11.5 Å². The van der Waals surface area contributed by atoms with Crippen LogP contribution in [-0.2, 0) is 0 Å². The lowest BCUT2D eigenvalue weighted by Gasteiger charge is -2.07. The minimum atomic E-state index is -0.478. The van der Waals surface area contributed by atoms with Crippen LogP contribution in [0.4, 0.5) is 4.39 Å². The number of benzene rings is 1. The summed E-state index contributed by atoms with van der Waals surface area (Å²) < 4.78 is 13.1. The molecule has 3 heteroatoms. The van der Waals surface area contributed by atoms with Gasteiger partial charge in [0, 0.05) is 6.54 Å². The van der Waals surface area contributed by atoms with Crippen molar-refractivity contribution in [2.45, 2.75) is 13.8 Å². The molecule has 0 fully saturated rings. The first kappa shape index (κ1) is 10.7. The minimum absolute atomic E-state index is 0.105. The monoisotopic (exact) mass is 195 g/mol. The fraction of sp³-hybridized carbons (Fsp3) is 0.364. The van der Waals surface area contributed by atoms with Crippen molar-refractivity contribution in [2.24, 2.45) is 5.92 Å². The summed E-state index contributed by atoms with van der Waals surface area (Å²) >= 11 is 0. The molecule has 0 saturated carbocycles. The van der Waals surface area contributed by atoms with Gasteiger partial charge in [-0.3, -0.25) is 4.79 Å². The Labute approximate surface area is 83.1 Å². The van der Waals surface area contributed by atoms with E-state index in [0.717, 1.165) is 0 Å². The second kappa shape index (κ2) is 4.74. The van der Waals surface area contributed by atoms with Crippen molar-refractivity contribution in [1.29, 1.82) is 0 Å². The SMILES string of the molecule is CC(C)CNC(=O)c1ccccc1F. The summed E-state index contributed by atoms with van der Waals surface area (Å²) in [5.41, 5.74) is 0.105. The number of rotatable bonds is 3. The van der Waals surface area contributed by atoms with Gasteiger partial charge in [0.15, 0.2) is 0 Å². The van der Waals surface area contributed by atoms with Crippen molar-refractivity contribution in [3.05, 3.63) is 35.6 Å². The van der Waals surface area contributed by atoms with E-state index in [0.29, 0.717) is 12.5 Å². The molecule has 14 heavy (non-hydrogen) atoms. The molecule has 2 nitrogen and oxygen atoms in total. The second-order valence-electron chi connectivity index (χ2n) is 3.58. The van der Waals surface area contributed by atoms with Gasteiger partial charge in [0.1, 0.15) is 5.82 Å². The predicted molar refractivity (Wildman–Crippen MR) is 53.6 cm³/mol. The van der Waals surface area contributed by atoms with Crippen LogP contribution in [0.3, 0.4) is 0 Å². The van der Waals surface area contributed by atoms with Gasteiger partial charge < -0.3 is 5.32 Å². The molecule has 0 aliphatic heterocycles. The third kappa shape index (κ3) is 2.83. The van der Waals surface area contributed by atoms with Crippen molar-refractivity contribution in [2.75, 3.05) is 6.54 Å². The van der Waals surface area contributed by atoms with Crippen molar-refractivity contribution in [1.82, 2.24) is 5.32 Å². The second-order valence-corrected chi connectivity index (χ2v) is 3.58. The summed E-state index contributed by atoms with van der Waals surface area (Å²) in [6, 6.07) is 5.97. The quantitative estimate of drug-likeness (QED) is 0.787. The van der Waals surface area contributed by atoms with Crippen LogP contribution in [0.1, 0.15) is 24.2 Å². The fourth-order valence-corrected chi connectivity index (χ4v) is 1.04. The van der Waals surface area contributed by atoms with Gasteiger partial charge in [-0.15, -0.1) is 0 Å². The van der Waals surface area contributed by atoms with Crippen LogP contribution in [0, 0.1) is 11.7 Å². The zero-order valence-electron chi connectivity index (χ0n) is 8.38. The third-order valence-electron chi connectivity index (χ3n) is 1.79. The summed E-state index contributed by atoms with van der Waals surface area (Å²) in [4.78, 5) is 11.4. The van der Waals surface area contributed by atoms with Crippen LogP contribution in [0.2, 0.25) is 0 Å². The van der Waals surface area contributed by atoms with Gasteiger partial charge in [0.05, 0.1) is 5.56 Å². The van der Waals surface area contributed by atoms with E-state index in [4.69, 9.17) is 0 Å². The molecule has 1 amide bonds. The lowest BCUT2D eigenvalue weighted by atomic mass is 10.2. The largest absolute Gasteiger partial charge is 0.352 e. The normalized spacial score (nSPS) is 10.3. The molecule has 0 bridgehead atoms. The number of nitrogens with one attached hydrogen (secondary N) is 1. The van der Waals surface area contributed by atoms with Gasteiger partial charge in [0.25, 0.3) is 5.91 Å². The molecule has 0 aliphatic rings. The molecule has 76 valence electrons. The molecule has 1 aromatic rings. The smallest absolute Gasteiger partial charge is 0.254 e. The third-order valence-corrected chi connectivity index (χ3v) is 1.79. The Kier molecular flexibility index (Phi) is 3.63. The van der Waals surface area contributed by atoms with Gasteiger partial charge in [-0.1, -0.05) is 26.0 Å². The first-order chi connectivity index (χ1) is 6.61. The highest BCUT2D eigenvalue weighted by atomic mass is 19.1. The topological polar surface area (TPSA) is 29.1 Å². The van der Waals surface area contributed by atoms with Crippen LogP contribution in [0.15, 0.2) is 24.3 Å². The highest BCUT2D eigenvalue weighted by Gasteiger charge is 2.09. The molecule has 0 aromatic heterocycles.